The Kier molecular flexibility index (Phi) is 5.94. The summed E-state index contributed by atoms with van der Waals surface area (Å²) in [5, 5.41) is 0. The van der Waals surface area contributed by atoms with E-state index >= 15 is 0 Å². The van der Waals surface area contributed by atoms with E-state index in [9.17, 15) is 0 Å². The van der Waals surface area contributed by atoms with Crippen molar-refractivity contribution in [1.82, 2.24) is 0 Å². The summed E-state index contributed by atoms with van der Waals surface area (Å²) in [4.78, 5) is 0. The quantitative estimate of drug-likeness (QED) is 0.587. The molecule has 0 aromatic carbocycles. The van der Waals surface area contributed by atoms with Crippen LogP contribution in [-0.2, 0) is 4.74 Å². The fourth-order valence-electron chi connectivity index (χ4n) is 1.47. The lowest BCUT2D eigenvalue weighted by molar-refractivity contribution is 0.0877. The second-order valence-electron chi connectivity index (χ2n) is 3.89. The molecule has 0 saturated heterocycles. The van der Waals surface area contributed by atoms with Crippen LogP contribution >= 0.6 is 11.6 Å². The molecule has 0 aliphatic carbocycles. The van der Waals surface area contributed by atoms with Crippen LogP contribution in [0.25, 0.3) is 0 Å². The molecule has 1 nitrogen and oxygen atoms in total. The van der Waals surface area contributed by atoms with Crippen molar-refractivity contribution in [2.75, 3.05) is 19.6 Å². The molecule has 0 fully saturated rings. The molecule has 0 amide bonds. The largest absolute Gasteiger partial charge is 0.384 e. The van der Waals surface area contributed by atoms with Crippen molar-refractivity contribution >= 4 is 11.6 Å². The van der Waals surface area contributed by atoms with Crippen LogP contribution in [0.5, 0.6) is 0 Å². The van der Waals surface area contributed by atoms with Gasteiger partial charge < -0.3 is 4.74 Å². The van der Waals surface area contributed by atoms with Gasteiger partial charge in [0.1, 0.15) is 0 Å². The number of methoxy groups -OCH3 is 1. The third-order valence-corrected chi connectivity index (χ3v) is 3.34. The van der Waals surface area contributed by atoms with Crippen LogP contribution in [0.4, 0.5) is 0 Å². The van der Waals surface area contributed by atoms with E-state index < -0.39 is 0 Å². The smallest absolute Gasteiger partial charge is 0.0493 e. The lowest BCUT2D eigenvalue weighted by Gasteiger charge is -2.33. The first-order chi connectivity index (χ1) is 5.60. The Hall–Kier alpha value is 0.250. The number of alkyl halides is 1. The number of hydrogen-bond donors (Lipinski definition) is 0. The molecular formula is C10H21ClO. The van der Waals surface area contributed by atoms with Crippen LogP contribution in [0.2, 0.25) is 0 Å². The first-order valence-corrected chi connectivity index (χ1v) is 5.19. The Morgan fingerprint density at radius 1 is 1.50 bits per heavy atom. The molecule has 0 bridgehead atoms. The average molecular weight is 193 g/mol. The molecule has 0 aliphatic heterocycles. The van der Waals surface area contributed by atoms with E-state index in [0.29, 0.717) is 5.92 Å². The lowest BCUT2D eigenvalue weighted by atomic mass is 9.77. The number of halogens is 1. The maximum atomic E-state index is 5.96. The van der Waals surface area contributed by atoms with E-state index in [0.717, 1.165) is 12.5 Å². The molecule has 0 aromatic rings. The summed E-state index contributed by atoms with van der Waals surface area (Å²) in [7, 11) is 1.75. The summed E-state index contributed by atoms with van der Waals surface area (Å²) in [5.74, 6) is 1.27. The van der Waals surface area contributed by atoms with Gasteiger partial charge in [0.15, 0.2) is 0 Å². The Morgan fingerprint density at radius 2 is 2.08 bits per heavy atom. The molecule has 2 heteroatoms. The molecule has 12 heavy (non-hydrogen) atoms. The summed E-state index contributed by atoms with van der Waals surface area (Å²) in [6.45, 7) is 7.46. The SMILES string of the molecule is CCCC(C)(CCl)C(C)COC. The fourth-order valence-corrected chi connectivity index (χ4v) is 1.86. The van der Waals surface area contributed by atoms with Crippen LogP contribution < -0.4 is 0 Å². The zero-order valence-corrected chi connectivity index (χ0v) is 9.45. The van der Waals surface area contributed by atoms with E-state index in [1.54, 1.807) is 7.11 Å². The molecule has 0 rings (SSSR count). The molecule has 74 valence electrons. The Labute approximate surface area is 81.4 Å². The minimum atomic E-state index is 0.242. The van der Waals surface area contributed by atoms with E-state index in [2.05, 4.69) is 20.8 Å². The number of ether oxygens (including phenoxy) is 1. The van der Waals surface area contributed by atoms with Crippen LogP contribution in [0.15, 0.2) is 0 Å². The highest BCUT2D eigenvalue weighted by molar-refractivity contribution is 6.18. The lowest BCUT2D eigenvalue weighted by Crippen LogP contribution is -2.30. The van der Waals surface area contributed by atoms with Gasteiger partial charge in [-0.1, -0.05) is 27.2 Å². The second kappa shape index (κ2) is 5.82. The minimum absolute atomic E-state index is 0.242. The van der Waals surface area contributed by atoms with Crippen LogP contribution in [0.1, 0.15) is 33.6 Å². The first-order valence-electron chi connectivity index (χ1n) is 4.65. The van der Waals surface area contributed by atoms with E-state index in [1.807, 2.05) is 0 Å². The highest BCUT2D eigenvalue weighted by Gasteiger charge is 2.28. The molecule has 0 aliphatic rings. The molecule has 0 N–H and O–H groups in total. The molecule has 2 unspecified atom stereocenters. The van der Waals surface area contributed by atoms with Crippen molar-refractivity contribution in [3.8, 4) is 0 Å². The highest BCUT2D eigenvalue weighted by Crippen LogP contribution is 2.33. The van der Waals surface area contributed by atoms with Gasteiger partial charge >= 0.3 is 0 Å². The van der Waals surface area contributed by atoms with Gasteiger partial charge in [-0.15, -0.1) is 11.6 Å². The van der Waals surface area contributed by atoms with Crippen molar-refractivity contribution in [2.45, 2.75) is 33.6 Å². The number of hydrogen-bond acceptors (Lipinski definition) is 1. The van der Waals surface area contributed by atoms with Crippen molar-refractivity contribution in [3.63, 3.8) is 0 Å². The van der Waals surface area contributed by atoms with Crippen molar-refractivity contribution in [1.29, 1.82) is 0 Å². The molecule has 0 aromatic heterocycles. The standard InChI is InChI=1S/C10H21ClO/c1-5-6-10(3,8-11)9(2)7-12-4/h9H,5-8H2,1-4H3. The summed E-state index contributed by atoms with van der Waals surface area (Å²) in [6, 6.07) is 0. The van der Waals surface area contributed by atoms with Gasteiger partial charge in [0.2, 0.25) is 0 Å². The Morgan fingerprint density at radius 3 is 2.42 bits per heavy atom. The third kappa shape index (κ3) is 3.32. The topological polar surface area (TPSA) is 9.23 Å². The van der Waals surface area contributed by atoms with E-state index in [1.165, 1.54) is 12.8 Å². The maximum absolute atomic E-state index is 5.96. The van der Waals surface area contributed by atoms with E-state index in [-0.39, 0.29) is 5.41 Å². The summed E-state index contributed by atoms with van der Waals surface area (Å²) in [6.07, 6.45) is 2.37. The Bertz CT molecular complexity index is 116. The van der Waals surface area contributed by atoms with Crippen molar-refractivity contribution in [3.05, 3.63) is 0 Å². The van der Waals surface area contributed by atoms with Gasteiger partial charge in [0, 0.05) is 19.6 Å². The van der Waals surface area contributed by atoms with Gasteiger partial charge in [-0.25, -0.2) is 0 Å². The van der Waals surface area contributed by atoms with Gasteiger partial charge in [0.25, 0.3) is 0 Å². The molecule has 0 spiro atoms. The summed E-state index contributed by atoms with van der Waals surface area (Å²) < 4.78 is 5.14. The molecule has 0 saturated carbocycles. The monoisotopic (exact) mass is 192 g/mol. The minimum Gasteiger partial charge on any atom is -0.384 e. The van der Waals surface area contributed by atoms with Gasteiger partial charge in [-0.2, -0.15) is 0 Å². The molecule has 2 atom stereocenters. The predicted octanol–water partition coefficient (Wildman–Crippen LogP) is 3.31. The molecular weight excluding hydrogens is 172 g/mol. The van der Waals surface area contributed by atoms with Gasteiger partial charge in [-0.3, -0.25) is 0 Å². The van der Waals surface area contributed by atoms with Crippen LogP contribution in [-0.4, -0.2) is 19.6 Å². The average Bonchev–Trinajstić information content (AvgIpc) is 2.05. The molecule has 0 radical (unpaired) electrons. The maximum Gasteiger partial charge on any atom is 0.0493 e. The van der Waals surface area contributed by atoms with Crippen LogP contribution in [0.3, 0.4) is 0 Å². The third-order valence-electron chi connectivity index (χ3n) is 2.73. The Balaban J connectivity index is 4.08. The van der Waals surface area contributed by atoms with Crippen molar-refractivity contribution in [2.24, 2.45) is 11.3 Å². The van der Waals surface area contributed by atoms with Gasteiger partial charge in [0.05, 0.1) is 0 Å². The second-order valence-corrected chi connectivity index (χ2v) is 4.16. The predicted molar refractivity (Wildman–Crippen MR) is 54.8 cm³/mol. The summed E-state index contributed by atoms with van der Waals surface area (Å²) >= 11 is 5.96. The fraction of sp³-hybridized carbons (Fsp3) is 1.00. The number of rotatable bonds is 6. The normalized spacial score (nSPS) is 18.8. The highest BCUT2D eigenvalue weighted by atomic mass is 35.5. The van der Waals surface area contributed by atoms with Crippen LogP contribution in [0, 0.1) is 11.3 Å². The zero-order chi connectivity index (χ0) is 9.61. The van der Waals surface area contributed by atoms with Crippen molar-refractivity contribution < 1.29 is 4.74 Å². The summed E-state index contributed by atoms with van der Waals surface area (Å²) in [5.41, 5.74) is 0.242. The molecule has 0 heterocycles. The zero-order valence-electron chi connectivity index (χ0n) is 8.69. The van der Waals surface area contributed by atoms with Gasteiger partial charge in [-0.05, 0) is 17.8 Å². The van der Waals surface area contributed by atoms with E-state index in [4.69, 9.17) is 16.3 Å². The first kappa shape index (κ1) is 12.2.